The predicted molar refractivity (Wildman–Crippen MR) is 288 cm³/mol. The molecule has 0 radical (unpaired) electrons. The summed E-state index contributed by atoms with van der Waals surface area (Å²) in [5, 5.41) is 13.8. The largest absolute Gasteiger partial charge is 0.756 e. The van der Waals surface area contributed by atoms with Gasteiger partial charge in [0.25, 0.3) is 7.82 Å². The molecule has 0 fully saturated rings. The molecule has 0 aromatic carbocycles. The van der Waals surface area contributed by atoms with E-state index in [-0.39, 0.29) is 19.1 Å². The second-order valence-electron chi connectivity index (χ2n) is 20.3. The number of hydrogen-bond acceptors (Lipinski definition) is 6. The Hall–Kier alpha value is -1.80. The molecular formula is C58H109N2O6P. The molecule has 392 valence electrons. The molecule has 0 saturated carbocycles. The van der Waals surface area contributed by atoms with Gasteiger partial charge in [0.1, 0.15) is 13.2 Å². The third-order valence-electron chi connectivity index (χ3n) is 12.5. The van der Waals surface area contributed by atoms with Gasteiger partial charge in [0, 0.05) is 6.42 Å². The molecule has 0 bridgehead atoms. The topological polar surface area (TPSA) is 108 Å². The number of aliphatic hydroxyl groups excluding tert-OH is 1. The normalized spacial score (nSPS) is 14.4. The number of nitrogens with zero attached hydrogens (tertiary/aromatic N) is 1. The molecule has 2 N–H and O–H groups in total. The van der Waals surface area contributed by atoms with Crippen LogP contribution in [0, 0.1) is 0 Å². The molecule has 3 unspecified atom stereocenters. The Labute approximate surface area is 415 Å². The van der Waals surface area contributed by atoms with Crippen molar-refractivity contribution < 1.29 is 32.9 Å². The van der Waals surface area contributed by atoms with Crippen molar-refractivity contribution in [1.82, 2.24) is 5.32 Å². The zero-order valence-electron chi connectivity index (χ0n) is 44.6. The van der Waals surface area contributed by atoms with Crippen LogP contribution in [0.1, 0.15) is 251 Å². The summed E-state index contributed by atoms with van der Waals surface area (Å²) >= 11 is 0. The zero-order chi connectivity index (χ0) is 49.2. The smallest absolute Gasteiger partial charge is 0.268 e. The quantitative estimate of drug-likeness (QED) is 0.0272. The molecule has 67 heavy (non-hydrogen) atoms. The monoisotopic (exact) mass is 961 g/mol. The van der Waals surface area contributed by atoms with E-state index in [1.54, 1.807) is 6.08 Å². The Morgan fingerprint density at radius 3 is 1.33 bits per heavy atom. The van der Waals surface area contributed by atoms with E-state index < -0.39 is 20.0 Å². The minimum absolute atomic E-state index is 0.000740. The number of allylic oxidation sites excluding steroid dienone is 9. The molecule has 0 aromatic heterocycles. The number of aliphatic hydroxyl groups is 1. The van der Waals surface area contributed by atoms with Gasteiger partial charge in [-0.2, -0.15) is 0 Å². The summed E-state index contributed by atoms with van der Waals surface area (Å²) in [5.41, 5.74) is 0. The summed E-state index contributed by atoms with van der Waals surface area (Å²) < 4.78 is 23.2. The third-order valence-corrected chi connectivity index (χ3v) is 13.4. The van der Waals surface area contributed by atoms with E-state index in [1.165, 1.54) is 167 Å². The van der Waals surface area contributed by atoms with E-state index in [4.69, 9.17) is 9.05 Å². The van der Waals surface area contributed by atoms with Crippen LogP contribution in [0.3, 0.4) is 0 Å². The van der Waals surface area contributed by atoms with Gasteiger partial charge in [0.15, 0.2) is 0 Å². The van der Waals surface area contributed by atoms with Crippen molar-refractivity contribution in [2.45, 2.75) is 264 Å². The molecule has 0 aliphatic rings. The second kappa shape index (κ2) is 49.2. The van der Waals surface area contributed by atoms with Crippen LogP contribution in [0.25, 0.3) is 0 Å². The summed E-state index contributed by atoms with van der Waals surface area (Å²) in [6.07, 6.45) is 66.1. The van der Waals surface area contributed by atoms with Gasteiger partial charge in [-0.25, -0.2) is 0 Å². The van der Waals surface area contributed by atoms with Crippen molar-refractivity contribution >= 4 is 13.7 Å². The van der Waals surface area contributed by atoms with Crippen LogP contribution in [-0.2, 0) is 18.4 Å². The maximum Gasteiger partial charge on any atom is 0.268 e. The molecule has 0 aliphatic heterocycles. The summed E-state index contributed by atoms with van der Waals surface area (Å²) in [6, 6.07) is -0.884. The van der Waals surface area contributed by atoms with Crippen LogP contribution in [0.2, 0.25) is 0 Å². The van der Waals surface area contributed by atoms with Gasteiger partial charge in [-0.05, 0) is 57.8 Å². The zero-order valence-corrected chi connectivity index (χ0v) is 45.5. The van der Waals surface area contributed by atoms with Gasteiger partial charge in [-0.1, -0.05) is 248 Å². The lowest BCUT2D eigenvalue weighted by atomic mass is 10.0. The standard InChI is InChI=1S/C58H109N2O6P/c1-6-8-10-12-14-16-18-19-20-21-22-23-24-25-26-27-28-29-30-31-32-33-34-35-36-37-38-39-40-41-42-44-46-48-50-52-58(62)59-56(55-66-67(63,64)65-54-53-60(3,4)5)57(61)51-49-47-45-43-17-15-13-11-9-7-2/h8,10,14,16,19-20,22-23,49,51,56-57,61H,6-7,9,11-13,15,17-18,21,24-48,50,52-55H2,1-5H3,(H-,59,62,63,64)/b10-8-,16-14-,20-19-,23-22-,51-49+. The van der Waals surface area contributed by atoms with E-state index in [0.29, 0.717) is 17.4 Å². The number of carbonyl (C=O) groups is 1. The van der Waals surface area contributed by atoms with Crippen molar-refractivity contribution in [2.75, 3.05) is 40.9 Å². The fourth-order valence-corrected chi connectivity index (χ4v) is 8.81. The van der Waals surface area contributed by atoms with Crippen molar-refractivity contribution in [3.05, 3.63) is 60.8 Å². The number of likely N-dealkylation sites (N-methyl/N-ethyl adjacent to an activating group) is 1. The maximum absolute atomic E-state index is 12.9. The van der Waals surface area contributed by atoms with E-state index in [0.717, 1.165) is 64.2 Å². The Kier molecular flexibility index (Phi) is 47.9. The summed E-state index contributed by atoms with van der Waals surface area (Å²) in [4.78, 5) is 25.4. The number of carbonyl (C=O) groups excluding carboxylic acids is 1. The lowest BCUT2D eigenvalue weighted by molar-refractivity contribution is -0.870. The van der Waals surface area contributed by atoms with Crippen LogP contribution < -0.4 is 10.2 Å². The fraction of sp³-hybridized carbons (Fsp3) is 0.810. The number of amides is 1. The number of nitrogens with one attached hydrogen (secondary N) is 1. The van der Waals surface area contributed by atoms with Gasteiger partial charge in [-0.3, -0.25) is 9.36 Å². The molecule has 0 rings (SSSR count). The number of unbranched alkanes of at least 4 members (excludes halogenated alkanes) is 30. The molecule has 8 nitrogen and oxygen atoms in total. The highest BCUT2D eigenvalue weighted by atomic mass is 31.2. The van der Waals surface area contributed by atoms with Gasteiger partial charge in [0.05, 0.1) is 39.9 Å². The molecule has 0 aliphatic carbocycles. The van der Waals surface area contributed by atoms with Gasteiger partial charge in [0.2, 0.25) is 5.91 Å². The first-order chi connectivity index (χ1) is 32.5. The highest BCUT2D eigenvalue weighted by Gasteiger charge is 2.23. The predicted octanol–water partition coefficient (Wildman–Crippen LogP) is 16.3. The first-order valence-corrected chi connectivity index (χ1v) is 29.6. The Bertz CT molecular complexity index is 1270. The summed E-state index contributed by atoms with van der Waals surface area (Å²) in [7, 11) is 1.26. The molecule has 3 atom stereocenters. The molecule has 0 spiro atoms. The van der Waals surface area contributed by atoms with Crippen LogP contribution in [-0.4, -0.2) is 68.5 Å². The Morgan fingerprint density at radius 2 is 0.910 bits per heavy atom. The number of phosphoric acid groups is 1. The van der Waals surface area contributed by atoms with Crippen molar-refractivity contribution in [3.8, 4) is 0 Å². The molecular weight excluding hydrogens is 852 g/mol. The summed E-state index contributed by atoms with van der Waals surface area (Å²) in [5.74, 6) is -0.197. The van der Waals surface area contributed by atoms with E-state index >= 15 is 0 Å². The van der Waals surface area contributed by atoms with Gasteiger partial charge in [-0.15, -0.1) is 0 Å². The SMILES string of the molecule is CC/C=C\C/C=C\C/C=C\C/C=C\CCCCCCCCCCCCCCCCCCCCCCCCC(=O)NC(COP(=O)([O-])OCC[N+](C)(C)C)C(O)/C=C/CCCCCCCCCC. The molecule has 1 amide bonds. The number of quaternary nitrogens is 1. The molecule has 0 saturated heterocycles. The van der Waals surface area contributed by atoms with Crippen LogP contribution in [0.4, 0.5) is 0 Å². The van der Waals surface area contributed by atoms with Gasteiger partial charge < -0.3 is 28.8 Å². The second-order valence-corrected chi connectivity index (χ2v) is 21.7. The van der Waals surface area contributed by atoms with Crippen molar-refractivity contribution in [3.63, 3.8) is 0 Å². The maximum atomic E-state index is 12.9. The van der Waals surface area contributed by atoms with E-state index in [1.807, 2.05) is 27.2 Å². The number of phosphoric ester groups is 1. The third kappa shape index (κ3) is 51.9. The average molecular weight is 961 g/mol. The van der Waals surface area contributed by atoms with Crippen LogP contribution in [0.5, 0.6) is 0 Å². The number of rotatable bonds is 51. The Morgan fingerprint density at radius 1 is 0.537 bits per heavy atom. The fourth-order valence-electron chi connectivity index (χ4n) is 8.09. The number of hydrogen-bond donors (Lipinski definition) is 2. The first kappa shape index (κ1) is 65.2. The van der Waals surface area contributed by atoms with Crippen molar-refractivity contribution in [1.29, 1.82) is 0 Å². The van der Waals surface area contributed by atoms with E-state index in [9.17, 15) is 19.4 Å². The van der Waals surface area contributed by atoms with Gasteiger partial charge >= 0.3 is 0 Å². The summed E-state index contributed by atoms with van der Waals surface area (Å²) in [6.45, 7) is 4.52. The minimum Gasteiger partial charge on any atom is -0.756 e. The first-order valence-electron chi connectivity index (χ1n) is 28.2. The van der Waals surface area contributed by atoms with E-state index in [2.05, 4.69) is 67.8 Å². The lowest BCUT2D eigenvalue weighted by Crippen LogP contribution is -2.45. The lowest BCUT2D eigenvalue weighted by Gasteiger charge is -2.29. The Balaban J connectivity index is 3.91. The molecule has 0 heterocycles. The molecule has 9 heteroatoms. The van der Waals surface area contributed by atoms with Crippen LogP contribution >= 0.6 is 7.82 Å². The highest BCUT2D eigenvalue weighted by molar-refractivity contribution is 7.45. The minimum atomic E-state index is -4.59. The van der Waals surface area contributed by atoms with Crippen molar-refractivity contribution in [2.24, 2.45) is 0 Å². The average Bonchev–Trinajstić information content (AvgIpc) is 3.29. The molecule has 0 aromatic rings. The van der Waals surface area contributed by atoms with Crippen LogP contribution in [0.15, 0.2) is 60.8 Å². The highest BCUT2D eigenvalue weighted by Crippen LogP contribution is 2.38.